The number of hydrogen-bond acceptors (Lipinski definition) is 4. The van der Waals surface area contributed by atoms with E-state index in [9.17, 15) is 9.59 Å². The van der Waals surface area contributed by atoms with Crippen LogP contribution in [0.2, 0.25) is 0 Å². The van der Waals surface area contributed by atoms with Crippen molar-refractivity contribution in [3.8, 4) is 5.75 Å². The minimum Gasteiger partial charge on any atom is -0.479 e. The number of aliphatic carboxylic acids is 1. The zero-order valence-electron chi connectivity index (χ0n) is 13.6. The van der Waals surface area contributed by atoms with Crippen molar-refractivity contribution in [2.24, 2.45) is 0 Å². The molecule has 0 bridgehead atoms. The highest BCUT2D eigenvalue weighted by Gasteiger charge is 2.34. The highest BCUT2D eigenvalue weighted by molar-refractivity contribution is 5.84. The first-order valence-electron chi connectivity index (χ1n) is 8.05. The van der Waals surface area contributed by atoms with Crippen molar-refractivity contribution < 1.29 is 24.2 Å². The van der Waals surface area contributed by atoms with E-state index in [2.05, 4.69) is 0 Å². The zero-order valence-corrected chi connectivity index (χ0v) is 13.6. The van der Waals surface area contributed by atoms with Crippen LogP contribution >= 0.6 is 0 Å². The number of benzene rings is 2. The topological polar surface area (TPSA) is 76.1 Å². The second kappa shape index (κ2) is 7.81. The highest BCUT2D eigenvalue weighted by Crippen LogP contribution is 2.24. The molecule has 0 radical (unpaired) electrons. The molecule has 1 fully saturated rings. The number of hydrogen-bond donors (Lipinski definition) is 1. The molecule has 0 saturated carbocycles. The molecule has 2 aromatic carbocycles. The van der Waals surface area contributed by atoms with Crippen molar-refractivity contribution >= 4 is 11.9 Å². The normalized spacial score (nSPS) is 18.4. The zero-order chi connectivity index (χ0) is 17.6. The van der Waals surface area contributed by atoms with Gasteiger partial charge in [0.05, 0.1) is 13.2 Å². The SMILES string of the molecule is O=C(O)C1CN(C(=O)C(Oc2ccccc2)c2ccccc2)CCO1. The molecule has 130 valence electrons. The van der Waals surface area contributed by atoms with Crippen LogP contribution in [-0.2, 0) is 14.3 Å². The van der Waals surface area contributed by atoms with Gasteiger partial charge in [0, 0.05) is 12.1 Å². The lowest BCUT2D eigenvalue weighted by Crippen LogP contribution is -2.50. The summed E-state index contributed by atoms with van der Waals surface area (Å²) in [7, 11) is 0. The van der Waals surface area contributed by atoms with Gasteiger partial charge in [-0.25, -0.2) is 4.79 Å². The minimum atomic E-state index is -1.07. The number of rotatable bonds is 5. The van der Waals surface area contributed by atoms with E-state index in [1.807, 2.05) is 48.5 Å². The maximum atomic E-state index is 13.0. The fourth-order valence-corrected chi connectivity index (χ4v) is 2.69. The Morgan fingerprint density at radius 3 is 2.36 bits per heavy atom. The van der Waals surface area contributed by atoms with Crippen molar-refractivity contribution in [2.45, 2.75) is 12.2 Å². The van der Waals surface area contributed by atoms with Crippen LogP contribution in [0.4, 0.5) is 0 Å². The molecule has 0 aromatic heterocycles. The lowest BCUT2D eigenvalue weighted by molar-refractivity contribution is -0.161. The predicted octanol–water partition coefficient (Wildman–Crippen LogP) is 2.12. The predicted molar refractivity (Wildman–Crippen MR) is 90.2 cm³/mol. The van der Waals surface area contributed by atoms with Crippen molar-refractivity contribution in [3.05, 3.63) is 66.2 Å². The van der Waals surface area contributed by atoms with Gasteiger partial charge >= 0.3 is 5.97 Å². The molecule has 1 aliphatic rings. The molecular weight excluding hydrogens is 322 g/mol. The molecule has 3 rings (SSSR count). The van der Waals surface area contributed by atoms with E-state index in [1.54, 1.807) is 12.1 Å². The van der Waals surface area contributed by atoms with E-state index < -0.39 is 18.2 Å². The fourth-order valence-electron chi connectivity index (χ4n) is 2.69. The quantitative estimate of drug-likeness (QED) is 0.901. The van der Waals surface area contributed by atoms with Gasteiger partial charge in [0.2, 0.25) is 6.10 Å². The summed E-state index contributed by atoms with van der Waals surface area (Å²) in [6, 6.07) is 18.3. The first kappa shape index (κ1) is 17.0. The van der Waals surface area contributed by atoms with Crippen LogP contribution in [0.25, 0.3) is 0 Å². The van der Waals surface area contributed by atoms with Gasteiger partial charge in [-0.1, -0.05) is 48.5 Å². The number of amides is 1. The van der Waals surface area contributed by atoms with E-state index in [4.69, 9.17) is 14.6 Å². The molecule has 2 atom stereocenters. The summed E-state index contributed by atoms with van der Waals surface area (Å²) in [5.41, 5.74) is 0.717. The third kappa shape index (κ3) is 4.16. The number of para-hydroxylation sites is 1. The third-order valence-electron chi connectivity index (χ3n) is 3.98. The highest BCUT2D eigenvalue weighted by atomic mass is 16.5. The van der Waals surface area contributed by atoms with E-state index in [0.29, 0.717) is 12.3 Å². The summed E-state index contributed by atoms with van der Waals surface area (Å²) in [5, 5.41) is 9.13. The lowest BCUT2D eigenvalue weighted by Gasteiger charge is -2.33. The standard InChI is InChI=1S/C19H19NO5/c21-18(20-11-12-24-16(13-20)19(22)23)17(14-7-3-1-4-8-14)25-15-9-5-2-6-10-15/h1-10,16-17H,11-13H2,(H,22,23). The van der Waals surface area contributed by atoms with E-state index in [0.717, 1.165) is 5.56 Å². The average Bonchev–Trinajstić information content (AvgIpc) is 2.67. The Morgan fingerprint density at radius 2 is 1.72 bits per heavy atom. The van der Waals surface area contributed by atoms with Crippen LogP contribution in [-0.4, -0.2) is 47.7 Å². The molecule has 1 amide bonds. The van der Waals surface area contributed by atoms with Crippen LogP contribution in [0, 0.1) is 0 Å². The largest absolute Gasteiger partial charge is 0.479 e. The fraction of sp³-hybridized carbons (Fsp3) is 0.263. The van der Waals surface area contributed by atoms with Gasteiger partial charge in [0.15, 0.2) is 6.10 Å². The Morgan fingerprint density at radius 1 is 1.08 bits per heavy atom. The molecule has 1 saturated heterocycles. The van der Waals surface area contributed by atoms with E-state index in [-0.39, 0.29) is 19.1 Å². The average molecular weight is 341 g/mol. The molecule has 6 heteroatoms. The number of nitrogens with zero attached hydrogens (tertiary/aromatic N) is 1. The molecule has 0 aliphatic carbocycles. The Kier molecular flexibility index (Phi) is 5.30. The lowest BCUT2D eigenvalue weighted by atomic mass is 10.1. The van der Waals surface area contributed by atoms with Gasteiger partial charge in [-0.2, -0.15) is 0 Å². The molecule has 6 nitrogen and oxygen atoms in total. The summed E-state index contributed by atoms with van der Waals surface area (Å²) in [5.74, 6) is -0.768. The first-order chi connectivity index (χ1) is 12.1. The number of carboxylic acids is 1. The number of carbonyl (C=O) groups is 2. The maximum absolute atomic E-state index is 13.0. The number of morpholine rings is 1. The maximum Gasteiger partial charge on any atom is 0.334 e. The van der Waals surface area contributed by atoms with Gasteiger partial charge in [-0.15, -0.1) is 0 Å². The monoisotopic (exact) mass is 341 g/mol. The molecule has 25 heavy (non-hydrogen) atoms. The van der Waals surface area contributed by atoms with Gasteiger partial charge in [-0.3, -0.25) is 4.79 Å². The Hall–Kier alpha value is -2.86. The van der Waals surface area contributed by atoms with E-state index >= 15 is 0 Å². The van der Waals surface area contributed by atoms with Gasteiger partial charge in [-0.05, 0) is 12.1 Å². The number of carbonyl (C=O) groups excluding carboxylic acids is 1. The van der Waals surface area contributed by atoms with Crippen molar-refractivity contribution in [3.63, 3.8) is 0 Å². The summed E-state index contributed by atoms with van der Waals surface area (Å²) in [6.07, 6.45) is -1.85. The van der Waals surface area contributed by atoms with Gasteiger partial charge in [0.1, 0.15) is 5.75 Å². The van der Waals surface area contributed by atoms with Crippen LogP contribution in [0.1, 0.15) is 11.7 Å². The van der Waals surface area contributed by atoms with Crippen LogP contribution in [0.5, 0.6) is 5.75 Å². The Bertz CT molecular complexity index is 719. The van der Waals surface area contributed by atoms with Crippen LogP contribution < -0.4 is 4.74 Å². The third-order valence-corrected chi connectivity index (χ3v) is 3.98. The van der Waals surface area contributed by atoms with E-state index in [1.165, 1.54) is 4.90 Å². The summed E-state index contributed by atoms with van der Waals surface area (Å²) < 4.78 is 11.1. The molecule has 1 aliphatic heterocycles. The van der Waals surface area contributed by atoms with Gasteiger partial charge in [0.25, 0.3) is 5.91 Å². The molecule has 1 heterocycles. The smallest absolute Gasteiger partial charge is 0.334 e. The van der Waals surface area contributed by atoms with Crippen LogP contribution in [0.15, 0.2) is 60.7 Å². The summed E-state index contributed by atoms with van der Waals surface area (Å²) in [6.45, 7) is 0.537. The second-order valence-corrected chi connectivity index (χ2v) is 5.70. The Balaban J connectivity index is 1.83. The molecule has 2 unspecified atom stereocenters. The minimum absolute atomic E-state index is 0.00957. The van der Waals surface area contributed by atoms with Crippen LogP contribution in [0.3, 0.4) is 0 Å². The molecule has 0 spiro atoms. The van der Waals surface area contributed by atoms with Gasteiger partial charge < -0.3 is 19.5 Å². The Labute approximate surface area is 145 Å². The molecular formula is C19H19NO5. The van der Waals surface area contributed by atoms with Crippen molar-refractivity contribution in [2.75, 3.05) is 19.7 Å². The number of carboxylic acid groups (broad SMARTS) is 1. The molecule has 2 aromatic rings. The summed E-state index contributed by atoms with van der Waals surface area (Å²) >= 11 is 0. The van der Waals surface area contributed by atoms with Crippen molar-refractivity contribution in [1.82, 2.24) is 4.90 Å². The first-order valence-corrected chi connectivity index (χ1v) is 8.05. The van der Waals surface area contributed by atoms with Crippen molar-refractivity contribution in [1.29, 1.82) is 0 Å². The summed E-state index contributed by atoms with van der Waals surface area (Å²) in [4.78, 5) is 25.7. The second-order valence-electron chi connectivity index (χ2n) is 5.70. The molecule has 1 N–H and O–H groups in total. The number of ether oxygens (including phenoxy) is 2.